The highest BCUT2D eigenvalue weighted by molar-refractivity contribution is 6.36. The van der Waals surface area contributed by atoms with E-state index in [9.17, 15) is 10.1 Å². The number of anilines is 1. The minimum absolute atomic E-state index is 0.0392. The average Bonchev–Trinajstić information content (AvgIpc) is 2.67. The lowest BCUT2D eigenvalue weighted by atomic mass is 10.1. The van der Waals surface area contributed by atoms with Crippen molar-refractivity contribution in [2.45, 2.75) is 26.2 Å². The molecule has 27 heavy (non-hydrogen) atoms. The van der Waals surface area contributed by atoms with Gasteiger partial charge < -0.3 is 10.1 Å². The molecule has 0 bridgehead atoms. The van der Waals surface area contributed by atoms with E-state index in [0.717, 1.165) is 30.6 Å². The van der Waals surface area contributed by atoms with Crippen molar-refractivity contribution >= 4 is 40.9 Å². The third-order valence-corrected chi connectivity index (χ3v) is 4.31. The molecule has 0 aliphatic rings. The number of benzene rings is 2. The number of nitrogens with one attached hydrogen (secondary N) is 1. The van der Waals surface area contributed by atoms with E-state index in [0.29, 0.717) is 22.3 Å². The van der Waals surface area contributed by atoms with Gasteiger partial charge in [-0.05, 0) is 48.4 Å². The van der Waals surface area contributed by atoms with Gasteiger partial charge in [0.1, 0.15) is 17.4 Å². The number of nitrogens with zero attached hydrogens (tertiary/aromatic N) is 1. The molecule has 0 aromatic heterocycles. The lowest BCUT2D eigenvalue weighted by Crippen LogP contribution is -2.13. The summed E-state index contributed by atoms with van der Waals surface area (Å²) >= 11 is 11.9. The molecule has 140 valence electrons. The Morgan fingerprint density at radius 1 is 1.19 bits per heavy atom. The normalized spacial score (nSPS) is 11.0. The van der Waals surface area contributed by atoms with Crippen molar-refractivity contribution in [1.29, 1.82) is 5.26 Å². The van der Waals surface area contributed by atoms with Crippen LogP contribution in [0.2, 0.25) is 10.0 Å². The zero-order chi connectivity index (χ0) is 19.6. The molecule has 0 aliphatic carbocycles. The second-order valence-corrected chi connectivity index (χ2v) is 6.72. The van der Waals surface area contributed by atoms with Gasteiger partial charge in [-0.25, -0.2) is 0 Å². The zero-order valence-electron chi connectivity index (χ0n) is 15.0. The first-order valence-corrected chi connectivity index (χ1v) is 9.40. The van der Waals surface area contributed by atoms with Crippen LogP contribution in [0.15, 0.2) is 48.0 Å². The summed E-state index contributed by atoms with van der Waals surface area (Å²) in [5.74, 6) is 0.207. The molecule has 0 radical (unpaired) electrons. The Kier molecular flexibility index (Phi) is 8.19. The lowest BCUT2D eigenvalue weighted by Gasteiger charge is -2.07. The predicted octanol–water partition coefficient (Wildman–Crippen LogP) is 6.11. The Labute approximate surface area is 169 Å². The number of unbranched alkanes of at least 4 members (excludes halogenated alkanes) is 2. The van der Waals surface area contributed by atoms with E-state index in [1.54, 1.807) is 24.3 Å². The van der Waals surface area contributed by atoms with Gasteiger partial charge in [-0.2, -0.15) is 5.26 Å². The Balaban J connectivity index is 2.05. The van der Waals surface area contributed by atoms with Gasteiger partial charge in [0, 0.05) is 5.02 Å². The van der Waals surface area contributed by atoms with E-state index < -0.39 is 5.91 Å². The van der Waals surface area contributed by atoms with Crippen LogP contribution < -0.4 is 10.1 Å². The number of hydrogen-bond donors (Lipinski definition) is 1. The largest absolute Gasteiger partial charge is 0.494 e. The number of nitriles is 1. The molecule has 0 heterocycles. The van der Waals surface area contributed by atoms with Crippen LogP contribution in [-0.2, 0) is 4.79 Å². The molecule has 0 saturated heterocycles. The fourth-order valence-corrected chi connectivity index (χ4v) is 2.64. The Morgan fingerprint density at radius 3 is 2.59 bits per heavy atom. The van der Waals surface area contributed by atoms with Crippen LogP contribution in [0.4, 0.5) is 5.69 Å². The summed E-state index contributed by atoms with van der Waals surface area (Å²) in [5, 5.41) is 12.7. The zero-order valence-corrected chi connectivity index (χ0v) is 16.5. The number of amides is 1. The highest BCUT2D eigenvalue weighted by Gasteiger charge is 2.12. The summed E-state index contributed by atoms with van der Waals surface area (Å²) in [7, 11) is 0. The second-order valence-electron chi connectivity index (χ2n) is 5.87. The van der Waals surface area contributed by atoms with Crippen molar-refractivity contribution in [2.75, 3.05) is 11.9 Å². The van der Waals surface area contributed by atoms with Gasteiger partial charge >= 0.3 is 0 Å². The average molecular weight is 403 g/mol. The quantitative estimate of drug-likeness (QED) is 0.329. The van der Waals surface area contributed by atoms with Crippen LogP contribution in [-0.4, -0.2) is 12.5 Å². The molecule has 1 amide bonds. The Hall–Kier alpha value is -2.48. The molecule has 0 atom stereocenters. The van der Waals surface area contributed by atoms with Crippen LogP contribution in [0, 0.1) is 11.3 Å². The third-order valence-electron chi connectivity index (χ3n) is 3.75. The standard InChI is InChI=1S/C21H20Cl2N2O2/c1-2-3-4-11-27-18-8-5-15(6-9-18)12-16(14-24)21(26)25-20-13-17(22)7-10-19(20)23/h5-10,12-13H,2-4,11H2,1H3,(H,25,26)/b16-12+. The number of carbonyl (C=O) groups is 1. The van der Waals surface area contributed by atoms with E-state index in [2.05, 4.69) is 12.2 Å². The molecule has 0 unspecified atom stereocenters. The van der Waals surface area contributed by atoms with E-state index in [1.807, 2.05) is 18.2 Å². The first-order valence-electron chi connectivity index (χ1n) is 8.64. The van der Waals surface area contributed by atoms with E-state index in [1.165, 1.54) is 12.1 Å². The van der Waals surface area contributed by atoms with Crippen molar-refractivity contribution < 1.29 is 9.53 Å². The van der Waals surface area contributed by atoms with E-state index in [4.69, 9.17) is 27.9 Å². The fraction of sp³-hybridized carbons (Fsp3) is 0.238. The van der Waals surface area contributed by atoms with Gasteiger partial charge in [-0.3, -0.25) is 4.79 Å². The number of rotatable bonds is 8. The molecule has 0 saturated carbocycles. The smallest absolute Gasteiger partial charge is 0.266 e. The van der Waals surface area contributed by atoms with Crippen LogP contribution >= 0.6 is 23.2 Å². The molecule has 2 rings (SSSR count). The molecule has 0 spiro atoms. The van der Waals surface area contributed by atoms with Gasteiger partial charge in [0.05, 0.1) is 17.3 Å². The summed E-state index contributed by atoms with van der Waals surface area (Å²) in [6.45, 7) is 2.82. The van der Waals surface area contributed by atoms with Gasteiger partial charge in [0.25, 0.3) is 5.91 Å². The maximum atomic E-state index is 12.4. The molecule has 4 nitrogen and oxygen atoms in total. The topological polar surface area (TPSA) is 62.1 Å². The highest BCUT2D eigenvalue weighted by Crippen LogP contribution is 2.26. The summed E-state index contributed by atoms with van der Waals surface area (Å²) in [6, 6.07) is 13.9. The van der Waals surface area contributed by atoms with Crippen LogP contribution in [0.5, 0.6) is 5.75 Å². The minimum Gasteiger partial charge on any atom is -0.494 e. The number of halogens is 2. The van der Waals surface area contributed by atoms with Gasteiger partial charge in [-0.15, -0.1) is 0 Å². The number of carbonyl (C=O) groups excluding carboxylic acids is 1. The molecular formula is C21H20Cl2N2O2. The number of hydrogen-bond acceptors (Lipinski definition) is 3. The SMILES string of the molecule is CCCCCOc1ccc(/C=C(\C#N)C(=O)Nc2cc(Cl)ccc2Cl)cc1. The molecule has 0 aliphatic heterocycles. The predicted molar refractivity (Wildman–Crippen MR) is 110 cm³/mol. The monoisotopic (exact) mass is 402 g/mol. The first-order chi connectivity index (χ1) is 13.0. The van der Waals surface area contributed by atoms with E-state index in [-0.39, 0.29) is 5.57 Å². The van der Waals surface area contributed by atoms with Crippen molar-refractivity contribution in [2.24, 2.45) is 0 Å². The first kappa shape index (κ1) is 20.8. The number of ether oxygens (including phenoxy) is 1. The summed E-state index contributed by atoms with van der Waals surface area (Å²) < 4.78 is 5.65. The van der Waals surface area contributed by atoms with Gasteiger partial charge in [0.15, 0.2) is 0 Å². The van der Waals surface area contributed by atoms with Gasteiger partial charge in [0.2, 0.25) is 0 Å². The fourth-order valence-electron chi connectivity index (χ4n) is 2.30. The molecule has 0 fully saturated rings. The lowest BCUT2D eigenvalue weighted by molar-refractivity contribution is -0.112. The summed E-state index contributed by atoms with van der Waals surface area (Å²) in [6.07, 6.45) is 4.81. The van der Waals surface area contributed by atoms with Crippen LogP contribution in [0.1, 0.15) is 31.7 Å². The second kappa shape index (κ2) is 10.6. The van der Waals surface area contributed by atoms with Crippen molar-refractivity contribution in [1.82, 2.24) is 0 Å². The third kappa shape index (κ3) is 6.63. The maximum Gasteiger partial charge on any atom is 0.266 e. The molecule has 6 heteroatoms. The van der Waals surface area contributed by atoms with Crippen molar-refractivity contribution in [3.8, 4) is 11.8 Å². The van der Waals surface area contributed by atoms with Crippen molar-refractivity contribution in [3.05, 3.63) is 63.6 Å². The molecular weight excluding hydrogens is 383 g/mol. The maximum absolute atomic E-state index is 12.4. The molecule has 1 N–H and O–H groups in total. The highest BCUT2D eigenvalue weighted by atomic mass is 35.5. The Morgan fingerprint density at radius 2 is 1.93 bits per heavy atom. The van der Waals surface area contributed by atoms with Crippen LogP contribution in [0.25, 0.3) is 6.08 Å². The molecule has 2 aromatic rings. The summed E-state index contributed by atoms with van der Waals surface area (Å²) in [5.41, 5.74) is 1.04. The van der Waals surface area contributed by atoms with Crippen molar-refractivity contribution in [3.63, 3.8) is 0 Å². The molecule has 2 aromatic carbocycles. The van der Waals surface area contributed by atoms with E-state index >= 15 is 0 Å². The van der Waals surface area contributed by atoms with Gasteiger partial charge in [-0.1, -0.05) is 55.1 Å². The summed E-state index contributed by atoms with van der Waals surface area (Å²) in [4.78, 5) is 12.4. The Bertz CT molecular complexity index is 855. The van der Waals surface area contributed by atoms with Crippen LogP contribution in [0.3, 0.4) is 0 Å². The minimum atomic E-state index is -0.554.